The van der Waals surface area contributed by atoms with Gasteiger partial charge >= 0.3 is 0 Å². The molecule has 0 saturated carbocycles. The minimum Gasteiger partial charge on any atom is -0.323 e. The summed E-state index contributed by atoms with van der Waals surface area (Å²) in [5, 5.41) is 3.68. The third-order valence-electron chi connectivity index (χ3n) is 2.65. The second-order valence-corrected chi connectivity index (χ2v) is 6.09. The molecule has 0 aliphatic rings. The highest BCUT2D eigenvalue weighted by Gasteiger charge is 2.07. The van der Waals surface area contributed by atoms with Crippen LogP contribution in [-0.4, -0.2) is 11.7 Å². The fourth-order valence-electron chi connectivity index (χ4n) is 1.64. The van der Waals surface area contributed by atoms with E-state index in [4.69, 9.17) is 23.2 Å². The fourth-order valence-corrected chi connectivity index (χ4v) is 3.03. The van der Waals surface area contributed by atoms with Gasteiger partial charge in [-0.3, -0.25) is 4.79 Å². The number of hydrogen-bond donors (Lipinski definition) is 1. The Morgan fingerprint density at radius 1 is 1.19 bits per heavy atom. The summed E-state index contributed by atoms with van der Waals surface area (Å²) < 4.78 is 13.4. The van der Waals surface area contributed by atoms with Crippen molar-refractivity contribution < 1.29 is 9.18 Å². The maximum Gasteiger partial charge on any atom is 0.234 e. The predicted octanol–water partition coefficient (Wildman–Crippen LogP) is 5.00. The van der Waals surface area contributed by atoms with Crippen molar-refractivity contribution in [2.24, 2.45) is 0 Å². The molecule has 1 N–H and O–H groups in total. The standard InChI is InChI=1S/C15H12Cl2FNOS/c16-11-6-5-10(12(17)7-11)8-21-9-15(20)19-14-4-2-1-3-13(14)18/h1-7H,8-9H2,(H,19,20). The van der Waals surface area contributed by atoms with Crippen molar-refractivity contribution in [1.29, 1.82) is 0 Å². The van der Waals surface area contributed by atoms with Crippen molar-refractivity contribution in [2.75, 3.05) is 11.1 Å². The molecule has 0 radical (unpaired) electrons. The monoisotopic (exact) mass is 343 g/mol. The van der Waals surface area contributed by atoms with Crippen LogP contribution in [0.3, 0.4) is 0 Å². The maximum absolute atomic E-state index is 13.4. The third-order valence-corrected chi connectivity index (χ3v) is 4.22. The van der Waals surface area contributed by atoms with E-state index in [1.807, 2.05) is 6.07 Å². The highest BCUT2D eigenvalue weighted by atomic mass is 35.5. The molecule has 0 aliphatic carbocycles. The van der Waals surface area contributed by atoms with Crippen LogP contribution in [-0.2, 0) is 10.5 Å². The zero-order valence-corrected chi connectivity index (χ0v) is 13.2. The summed E-state index contributed by atoms with van der Waals surface area (Å²) in [5.41, 5.74) is 1.09. The zero-order valence-electron chi connectivity index (χ0n) is 10.9. The van der Waals surface area contributed by atoms with Crippen molar-refractivity contribution in [3.05, 3.63) is 63.9 Å². The van der Waals surface area contributed by atoms with Crippen LogP contribution < -0.4 is 5.32 Å². The number of benzene rings is 2. The van der Waals surface area contributed by atoms with E-state index in [2.05, 4.69) is 5.32 Å². The molecule has 2 aromatic carbocycles. The van der Waals surface area contributed by atoms with Crippen LogP contribution in [0, 0.1) is 5.82 Å². The number of carbonyl (C=O) groups excluding carboxylic acids is 1. The molecule has 0 aromatic heterocycles. The average Bonchev–Trinajstić information content (AvgIpc) is 2.44. The van der Waals surface area contributed by atoms with Gasteiger partial charge in [-0.1, -0.05) is 41.4 Å². The number of anilines is 1. The molecule has 1 amide bonds. The lowest BCUT2D eigenvalue weighted by Crippen LogP contribution is -2.15. The van der Waals surface area contributed by atoms with Gasteiger partial charge in [-0.2, -0.15) is 0 Å². The SMILES string of the molecule is O=C(CSCc1ccc(Cl)cc1Cl)Nc1ccccc1F. The summed E-state index contributed by atoms with van der Waals surface area (Å²) in [6, 6.07) is 11.3. The third kappa shape index (κ3) is 4.92. The minimum atomic E-state index is -0.448. The number of halogens is 3. The number of rotatable bonds is 5. The lowest BCUT2D eigenvalue weighted by molar-refractivity contribution is -0.113. The second-order valence-electron chi connectivity index (χ2n) is 4.26. The lowest BCUT2D eigenvalue weighted by Gasteiger charge is -2.07. The second kappa shape index (κ2) is 7.69. The Kier molecular flexibility index (Phi) is 5.91. The highest BCUT2D eigenvalue weighted by molar-refractivity contribution is 7.99. The van der Waals surface area contributed by atoms with E-state index in [1.54, 1.807) is 24.3 Å². The van der Waals surface area contributed by atoms with Crippen molar-refractivity contribution in [3.63, 3.8) is 0 Å². The molecule has 0 spiro atoms. The Balaban J connectivity index is 1.83. The Morgan fingerprint density at radius 2 is 1.95 bits per heavy atom. The molecule has 0 unspecified atom stereocenters. The van der Waals surface area contributed by atoms with Crippen LogP contribution in [0.2, 0.25) is 10.0 Å². The Labute approximate surface area is 136 Å². The topological polar surface area (TPSA) is 29.1 Å². The molecule has 0 heterocycles. The summed E-state index contributed by atoms with van der Waals surface area (Å²) in [7, 11) is 0. The van der Waals surface area contributed by atoms with Crippen LogP contribution >= 0.6 is 35.0 Å². The number of carbonyl (C=O) groups is 1. The Morgan fingerprint density at radius 3 is 2.67 bits per heavy atom. The van der Waals surface area contributed by atoms with E-state index in [0.29, 0.717) is 15.8 Å². The van der Waals surface area contributed by atoms with Gasteiger partial charge in [-0.25, -0.2) is 4.39 Å². The van der Waals surface area contributed by atoms with E-state index >= 15 is 0 Å². The molecule has 0 aliphatic heterocycles. The van der Waals surface area contributed by atoms with Crippen molar-refractivity contribution in [3.8, 4) is 0 Å². The van der Waals surface area contributed by atoms with Crippen LogP contribution in [0.25, 0.3) is 0 Å². The molecular weight excluding hydrogens is 332 g/mol. The molecule has 0 atom stereocenters. The molecule has 2 nitrogen and oxygen atoms in total. The summed E-state index contributed by atoms with van der Waals surface area (Å²) >= 11 is 13.3. The molecule has 21 heavy (non-hydrogen) atoms. The van der Waals surface area contributed by atoms with E-state index in [9.17, 15) is 9.18 Å². The molecule has 2 rings (SSSR count). The number of para-hydroxylation sites is 1. The number of thioether (sulfide) groups is 1. The first kappa shape index (κ1) is 16.1. The van der Waals surface area contributed by atoms with Crippen molar-refractivity contribution in [1.82, 2.24) is 0 Å². The summed E-state index contributed by atoms with van der Waals surface area (Å²) in [4.78, 5) is 11.7. The van der Waals surface area contributed by atoms with Gasteiger partial charge in [0.15, 0.2) is 0 Å². The first-order valence-corrected chi connectivity index (χ1v) is 8.03. The average molecular weight is 344 g/mol. The molecule has 0 bridgehead atoms. The van der Waals surface area contributed by atoms with Crippen LogP contribution in [0.4, 0.5) is 10.1 Å². The van der Waals surface area contributed by atoms with Crippen LogP contribution in [0.15, 0.2) is 42.5 Å². The van der Waals surface area contributed by atoms with Gasteiger partial charge in [0, 0.05) is 15.8 Å². The van der Waals surface area contributed by atoms with Gasteiger partial charge in [0.05, 0.1) is 11.4 Å². The van der Waals surface area contributed by atoms with Gasteiger partial charge < -0.3 is 5.32 Å². The fraction of sp³-hybridized carbons (Fsp3) is 0.133. The summed E-state index contributed by atoms with van der Waals surface area (Å²) in [6.45, 7) is 0. The van der Waals surface area contributed by atoms with Gasteiger partial charge in [0.25, 0.3) is 0 Å². The first-order valence-electron chi connectivity index (χ1n) is 6.12. The van der Waals surface area contributed by atoms with Gasteiger partial charge in [0.1, 0.15) is 5.82 Å². The predicted molar refractivity (Wildman–Crippen MR) is 87.7 cm³/mol. The molecule has 6 heteroatoms. The maximum atomic E-state index is 13.4. The molecule has 2 aromatic rings. The lowest BCUT2D eigenvalue weighted by atomic mass is 10.2. The van der Waals surface area contributed by atoms with Crippen LogP contribution in [0.1, 0.15) is 5.56 Å². The highest BCUT2D eigenvalue weighted by Crippen LogP contribution is 2.24. The number of amides is 1. The molecule has 0 fully saturated rings. The Hall–Kier alpha value is -1.23. The number of nitrogens with one attached hydrogen (secondary N) is 1. The van der Waals surface area contributed by atoms with E-state index in [-0.39, 0.29) is 17.3 Å². The Bertz CT molecular complexity index is 651. The molecule has 110 valence electrons. The normalized spacial score (nSPS) is 10.4. The van der Waals surface area contributed by atoms with E-state index < -0.39 is 5.82 Å². The quantitative estimate of drug-likeness (QED) is 0.827. The van der Waals surface area contributed by atoms with E-state index in [0.717, 1.165) is 5.56 Å². The van der Waals surface area contributed by atoms with Gasteiger partial charge in [0.2, 0.25) is 5.91 Å². The minimum absolute atomic E-state index is 0.188. The van der Waals surface area contributed by atoms with Gasteiger partial charge in [-0.05, 0) is 29.8 Å². The molecular formula is C15H12Cl2FNOS. The van der Waals surface area contributed by atoms with Crippen molar-refractivity contribution in [2.45, 2.75) is 5.75 Å². The summed E-state index contributed by atoms with van der Waals surface area (Å²) in [5.74, 6) is 0.0975. The largest absolute Gasteiger partial charge is 0.323 e. The van der Waals surface area contributed by atoms with Crippen LogP contribution in [0.5, 0.6) is 0 Å². The van der Waals surface area contributed by atoms with Gasteiger partial charge in [-0.15, -0.1) is 11.8 Å². The van der Waals surface area contributed by atoms with Crippen molar-refractivity contribution >= 4 is 46.6 Å². The first-order chi connectivity index (χ1) is 10.1. The van der Waals surface area contributed by atoms with E-state index in [1.165, 1.54) is 23.9 Å². The summed E-state index contributed by atoms with van der Waals surface area (Å²) in [6.07, 6.45) is 0. The number of hydrogen-bond acceptors (Lipinski definition) is 2. The smallest absolute Gasteiger partial charge is 0.234 e. The molecule has 0 saturated heterocycles. The zero-order chi connectivity index (χ0) is 15.2.